The minimum atomic E-state index is -0.407. The van der Waals surface area contributed by atoms with Crippen molar-refractivity contribution in [3.63, 3.8) is 0 Å². The first-order valence-electron chi connectivity index (χ1n) is 8.39. The van der Waals surface area contributed by atoms with Crippen LogP contribution in [-0.4, -0.2) is 53.0 Å². The Morgan fingerprint density at radius 2 is 1.92 bits per heavy atom. The van der Waals surface area contributed by atoms with Gasteiger partial charge in [0, 0.05) is 22.3 Å². The summed E-state index contributed by atoms with van der Waals surface area (Å²) >= 11 is 2.21. The van der Waals surface area contributed by atoms with Crippen LogP contribution in [0.3, 0.4) is 0 Å². The molecule has 3 rings (SSSR count). The van der Waals surface area contributed by atoms with E-state index < -0.39 is 4.92 Å². The molecule has 0 aliphatic carbocycles. The third-order valence-electron chi connectivity index (χ3n) is 4.66. The molecular weight excluding hydrogens is 447 g/mol. The van der Waals surface area contributed by atoms with E-state index in [0.29, 0.717) is 5.82 Å². The monoisotopic (exact) mass is 468 g/mol. The van der Waals surface area contributed by atoms with Crippen LogP contribution in [0.15, 0.2) is 30.6 Å². The zero-order chi connectivity index (χ0) is 18.7. The highest BCUT2D eigenvalue weighted by Crippen LogP contribution is 2.35. The van der Waals surface area contributed by atoms with Gasteiger partial charge in [0.25, 0.3) is 0 Å². The first kappa shape index (κ1) is 18.8. The molecule has 2 aromatic rings. The Hall–Kier alpha value is -2.01. The van der Waals surface area contributed by atoms with Crippen molar-refractivity contribution in [3.8, 4) is 0 Å². The molecule has 26 heavy (non-hydrogen) atoms. The number of nitrogens with one attached hydrogen (secondary N) is 1. The molecule has 1 saturated heterocycles. The molecular formula is C17H21IN6O2. The van der Waals surface area contributed by atoms with E-state index in [4.69, 9.17) is 0 Å². The van der Waals surface area contributed by atoms with Gasteiger partial charge < -0.3 is 15.1 Å². The maximum Gasteiger partial charge on any atom is 0.353 e. The number of rotatable bonds is 5. The van der Waals surface area contributed by atoms with Gasteiger partial charge in [-0.25, -0.2) is 9.97 Å². The second kappa shape index (κ2) is 8.12. The maximum atomic E-state index is 11.8. The lowest BCUT2D eigenvalue weighted by Crippen LogP contribution is -2.42. The van der Waals surface area contributed by atoms with E-state index in [2.05, 4.69) is 49.8 Å². The Morgan fingerprint density at radius 3 is 2.54 bits per heavy atom. The van der Waals surface area contributed by atoms with Crippen molar-refractivity contribution in [1.82, 2.24) is 14.9 Å². The van der Waals surface area contributed by atoms with Crippen molar-refractivity contribution in [2.24, 2.45) is 0 Å². The fourth-order valence-electron chi connectivity index (χ4n) is 3.11. The van der Waals surface area contributed by atoms with Crippen LogP contribution in [0.4, 0.5) is 23.0 Å². The van der Waals surface area contributed by atoms with Crippen LogP contribution < -0.4 is 10.2 Å². The molecule has 1 aromatic heterocycles. The lowest BCUT2D eigenvalue weighted by atomic mass is 10.0. The average Bonchev–Trinajstić information content (AvgIpc) is 2.63. The number of hydrogen-bond acceptors (Lipinski definition) is 7. The van der Waals surface area contributed by atoms with E-state index in [1.54, 1.807) is 0 Å². The zero-order valence-electron chi connectivity index (χ0n) is 14.7. The Morgan fingerprint density at radius 1 is 1.27 bits per heavy atom. The number of nitrogens with zero attached hydrogens (tertiary/aromatic N) is 5. The second-order valence-corrected chi connectivity index (χ2v) is 7.67. The predicted octanol–water partition coefficient (Wildman–Crippen LogP) is 3.26. The number of piperidine rings is 1. The summed E-state index contributed by atoms with van der Waals surface area (Å²) in [5.74, 6) is 0.563. The topological polar surface area (TPSA) is 87.4 Å². The number of benzene rings is 1. The first-order chi connectivity index (χ1) is 12.5. The van der Waals surface area contributed by atoms with Crippen molar-refractivity contribution in [1.29, 1.82) is 0 Å². The molecule has 1 fully saturated rings. The summed E-state index contributed by atoms with van der Waals surface area (Å²) in [6.07, 6.45) is 3.28. The van der Waals surface area contributed by atoms with Gasteiger partial charge in [-0.05, 0) is 79.8 Å². The number of hydrogen-bond donors (Lipinski definition) is 1. The molecule has 1 aliphatic heterocycles. The van der Waals surface area contributed by atoms with Gasteiger partial charge in [0.2, 0.25) is 11.6 Å². The highest BCUT2D eigenvalue weighted by molar-refractivity contribution is 14.1. The van der Waals surface area contributed by atoms with Gasteiger partial charge in [0.05, 0.1) is 4.92 Å². The SMILES string of the molecule is CN1CCC(N(C)c2ncnc(Nc3ccc(I)cc3)c2[N+](=O)[O-])CC1. The highest BCUT2D eigenvalue weighted by atomic mass is 127. The molecule has 8 nitrogen and oxygen atoms in total. The summed E-state index contributed by atoms with van der Waals surface area (Å²) in [6.45, 7) is 1.95. The molecule has 0 saturated carbocycles. The molecule has 1 aromatic carbocycles. The summed E-state index contributed by atoms with van der Waals surface area (Å²) in [4.78, 5) is 23.9. The van der Waals surface area contributed by atoms with Crippen molar-refractivity contribution in [3.05, 3.63) is 44.3 Å². The largest absolute Gasteiger partial charge is 0.353 e. The maximum absolute atomic E-state index is 11.8. The van der Waals surface area contributed by atoms with Crippen LogP contribution >= 0.6 is 22.6 Å². The lowest BCUT2D eigenvalue weighted by molar-refractivity contribution is -0.383. The molecule has 1 aliphatic rings. The number of halogens is 1. The Kier molecular flexibility index (Phi) is 5.87. The van der Waals surface area contributed by atoms with E-state index >= 15 is 0 Å². The predicted molar refractivity (Wildman–Crippen MR) is 110 cm³/mol. The summed E-state index contributed by atoms with van der Waals surface area (Å²) < 4.78 is 1.09. The third-order valence-corrected chi connectivity index (χ3v) is 5.38. The van der Waals surface area contributed by atoms with Crippen LogP contribution in [-0.2, 0) is 0 Å². The standard InChI is InChI=1S/C17H21IN6O2/c1-22-9-7-14(8-10-22)23(2)17-15(24(25)26)16(19-11-20-17)21-13-5-3-12(18)4-6-13/h3-6,11,14H,7-10H2,1-2H3,(H,19,20,21). The molecule has 1 N–H and O–H groups in total. The molecule has 138 valence electrons. The third kappa shape index (κ3) is 4.21. The lowest BCUT2D eigenvalue weighted by Gasteiger charge is -2.35. The van der Waals surface area contributed by atoms with Crippen LogP contribution in [0.25, 0.3) is 0 Å². The second-order valence-electron chi connectivity index (χ2n) is 6.43. The van der Waals surface area contributed by atoms with Gasteiger partial charge in [-0.1, -0.05) is 0 Å². The molecule has 0 atom stereocenters. The van der Waals surface area contributed by atoms with Gasteiger partial charge in [0.1, 0.15) is 6.33 Å². The van der Waals surface area contributed by atoms with Crippen LogP contribution in [0.2, 0.25) is 0 Å². The van der Waals surface area contributed by atoms with Crippen LogP contribution in [0.5, 0.6) is 0 Å². The molecule has 0 radical (unpaired) electrons. The minimum Gasteiger partial charge on any atom is -0.351 e. The van der Waals surface area contributed by atoms with Gasteiger partial charge >= 0.3 is 5.69 Å². The molecule has 0 amide bonds. The van der Waals surface area contributed by atoms with E-state index in [1.165, 1.54) is 6.33 Å². The molecule has 2 heterocycles. The van der Waals surface area contributed by atoms with Crippen molar-refractivity contribution in [2.45, 2.75) is 18.9 Å². The summed E-state index contributed by atoms with van der Waals surface area (Å²) in [5.41, 5.74) is 0.660. The summed E-state index contributed by atoms with van der Waals surface area (Å²) in [7, 11) is 3.96. The Labute approximate surface area is 165 Å². The van der Waals surface area contributed by atoms with Gasteiger partial charge in [-0.15, -0.1) is 0 Å². The number of anilines is 3. The quantitative estimate of drug-likeness (QED) is 0.410. The summed E-state index contributed by atoms with van der Waals surface area (Å²) in [6, 6.07) is 7.83. The number of likely N-dealkylation sites (tertiary alicyclic amines) is 1. The van der Waals surface area contributed by atoms with Crippen molar-refractivity contribution < 1.29 is 4.92 Å². The molecule has 0 unspecified atom stereocenters. The molecule has 0 bridgehead atoms. The normalized spacial score (nSPS) is 15.7. The number of nitro groups is 1. The minimum absolute atomic E-state index is 0.0903. The van der Waals surface area contributed by atoms with Gasteiger partial charge in [-0.2, -0.15) is 0 Å². The van der Waals surface area contributed by atoms with E-state index in [0.717, 1.165) is 35.2 Å². The van der Waals surface area contributed by atoms with Crippen molar-refractivity contribution in [2.75, 3.05) is 37.4 Å². The Bertz CT molecular complexity index is 777. The molecule has 9 heteroatoms. The van der Waals surface area contributed by atoms with Gasteiger partial charge in [-0.3, -0.25) is 10.1 Å². The molecule has 0 spiro atoms. The van der Waals surface area contributed by atoms with Gasteiger partial charge in [0.15, 0.2) is 0 Å². The van der Waals surface area contributed by atoms with Crippen LogP contribution in [0, 0.1) is 13.7 Å². The van der Waals surface area contributed by atoms with E-state index in [9.17, 15) is 10.1 Å². The zero-order valence-corrected chi connectivity index (χ0v) is 16.9. The Balaban J connectivity index is 1.90. The first-order valence-corrected chi connectivity index (χ1v) is 9.47. The smallest absolute Gasteiger partial charge is 0.351 e. The van der Waals surface area contributed by atoms with Crippen LogP contribution in [0.1, 0.15) is 12.8 Å². The van der Waals surface area contributed by atoms with E-state index in [1.807, 2.05) is 36.2 Å². The highest BCUT2D eigenvalue weighted by Gasteiger charge is 2.30. The summed E-state index contributed by atoms with van der Waals surface area (Å²) in [5, 5.41) is 14.8. The fraction of sp³-hybridized carbons (Fsp3) is 0.412. The van der Waals surface area contributed by atoms with Crippen molar-refractivity contribution >= 4 is 45.6 Å². The average molecular weight is 468 g/mol. The van der Waals surface area contributed by atoms with E-state index in [-0.39, 0.29) is 17.5 Å². The fourth-order valence-corrected chi connectivity index (χ4v) is 3.47. The number of aromatic nitrogens is 2.